The predicted octanol–water partition coefficient (Wildman–Crippen LogP) is 4.46. The highest BCUT2D eigenvalue weighted by Gasteiger charge is 2.50. The van der Waals surface area contributed by atoms with Gasteiger partial charge in [-0.3, -0.25) is 4.90 Å². The van der Waals surface area contributed by atoms with Crippen LogP contribution in [0.4, 0.5) is 14.6 Å². The van der Waals surface area contributed by atoms with E-state index in [4.69, 9.17) is 24.4 Å². The van der Waals surface area contributed by atoms with Crippen molar-refractivity contribution in [1.82, 2.24) is 25.2 Å². The fourth-order valence-electron chi connectivity index (χ4n) is 9.20. The van der Waals surface area contributed by atoms with Gasteiger partial charge in [-0.1, -0.05) is 13.0 Å². The van der Waals surface area contributed by atoms with E-state index >= 15 is 8.78 Å². The van der Waals surface area contributed by atoms with Crippen molar-refractivity contribution in [1.29, 1.82) is 0 Å². The number of ether oxygens (including phenoxy) is 2. The Hall–Kier alpha value is -3.87. The highest BCUT2D eigenvalue weighted by Crippen LogP contribution is 2.46. The molecule has 10 nitrogen and oxygen atoms in total. The highest BCUT2D eigenvalue weighted by molar-refractivity contribution is 6.03. The zero-order valence-corrected chi connectivity index (χ0v) is 26.3. The summed E-state index contributed by atoms with van der Waals surface area (Å²) in [6.45, 7) is 4.21. The van der Waals surface area contributed by atoms with Crippen LogP contribution in [-0.4, -0.2) is 92.7 Å². The van der Waals surface area contributed by atoms with Crippen molar-refractivity contribution >= 4 is 27.5 Å². The zero-order chi connectivity index (χ0) is 32.0. The monoisotopic (exact) mass is 644 g/mol. The Morgan fingerprint density at radius 3 is 2.85 bits per heavy atom. The maximum absolute atomic E-state index is 17.1. The molecule has 2 aromatic heterocycles. The number of piperazine rings is 1. The summed E-state index contributed by atoms with van der Waals surface area (Å²) >= 11 is 0. The quantitative estimate of drug-likeness (QED) is 0.278. The molecule has 4 saturated heterocycles. The Morgan fingerprint density at radius 2 is 2.00 bits per heavy atom. The number of halogens is 2. The van der Waals surface area contributed by atoms with Gasteiger partial charge < -0.3 is 29.9 Å². The number of fused-ring (bicyclic) bond motifs is 7. The second-order valence-electron chi connectivity index (χ2n) is 13.9. The molecule has 5 aliphatic heterocycles. The van der Waals surface area contributed by atoms with Gasteiger partial charge in [0.2, 0.25) is 5.88 Å². The number of phenolic OH excluding ortho intramolecular Hbond substituents is 1. The van der Waals surface area contributed by atoms with Gasteiger partial charge in [0.1, 0.15) is 47.2 Å². The van der Waals surface area contributed by atoms with Gasteiger partial charge in [-0.05, 0) is 86.0 Å². The number of aliphatic hydroxyl groups excluding tert-OH is 1. The molecule has 3 N–H and O–H groups in total. The van der Waals surface area contributed by atoms with E-state index in [9.17, 15) is 10.2 Å². The normalized spacial score (nSPS) is 28.0. The van der Waals surface area contributed by atoms with Gasteiger partial charge in [0.15, 0.2) is 5.82 Å². The molecule has 0 aliphatic carbocycles. The fourth-order valence-corrected chi connectivity index (χ4v) is 9.20. The Labute approximate surface area is 270 Å². The molecule has 5 aliphatic rings. The van der Waals surface area contributed by atoms with E-state index in [2.05, 4.69) is 15.1 Å². The summed E-state index contributed by atoms with van der Waals surface area (Å²) < 4.78 is 45.1. The molecular formula is C35H38F2N6O4. The van der Waals surface area contributed by atoms with Crippen LogP contribution in [0.3, 0.4) is 0 Å². The van der Waals surface area contributed by atoms with Crippen molar-refractivity contribution in [3.63, 3.8) is 0 Å². The predicted molar refractivity (Wildman–Crippen MR) is 172 cm³/mol. The van der Waals surface area contributed by atoms with E-state index in [0.717, 1.165) is 45.1 Å². The van der Waals surface area contributed by atoms with E-state index < -0.39 is 11.6 Å². The lowest BCUT2D eigenvalue weighted by Crippen LogP contribution is -2.60. The van der Waals surface area contributed by atoms with Gasteiger partial charge in [-0.15, -0.1) is 0 Å². The Bertz CT molecular complexity index is 1930. The van der Waals surface area contributed by atoms with Gasteiger partial charge >= 0.3 is 6.01 Å². The Kier molecular flexibility index (Phi) is 6.75. The van der Waals surface area contributed by atoms with Gasteiger partial charge in [-0.2, -0.15) is 9.97 Å². The molecular weight excluding hydrogens is 606 g/mol. The molecule has 2 aromatic carbocycles. The minimum atomic E-state index is -0.711. The molecule has 0 spiro atoms. The maximum Gasteiger partial charge on any atom is 0.319 e. The molecule has 246 valence electrons. The van der Waals surface area contributed by atoms with Crippen LogP contribution in [-0.2, 0) is 6.42 Å². The van der Waals surface area contributed by atoms with Crippen LogP contribution in [0.2, 0.25) is 0 Å². The number of rotatable bonds is 6. The summed E-state index contributed by atoms with van der Waals surface area (Å²) in [5, 5.41) is 25.8. The van der Waals surface area contributed by atoms with Crippen molar-refractivity contribution < 1.29 is 28.5 Å². The fraction of sp³-hybridized carbons (Fsp3) is 0.514. The minimum Gasteiger partial charge on any atom is -0.508 e. The first-order chi connectivity index (χ1) is 22.9. The SMILES string of the molecule is CCc1c(F)ccc2cc(O)cc(-c3nc4c5c(nc(OC[C@]67CCCN6[C@H](CO)CC7)nc5c3F)N3C[C@@H]5CC[C@@H](N5)[C@H]3CO4)c12. The van der Waals surface area contributed by atoms with Crippen LogP contribution in [0.25, 0.3) is 32.9 Å². The lowest BCUT2D eigenvalue weighted by Gasteiger charge is -2.40. The highest BCUT2D eigenvalue weighted by atomic mass is 19.1. The number of aromatic nitrogens is 3. The second-order valence-corrected chi connectivity index (χ2v) is 13.9. The Morgan fingerprint density at radius 1 is 1.11 bits per heavy atom. The standard InChI is InChI=1S/C35H38F2N6O4/c1-2-22-24(36)6-4-18-12-21(45)13-23(27(18)22)30-29(37)31-28-32(42-14-19-5-7-25(38-19)26(42)16-46-33(28)39-30)41-34(40-31)47-17-35-9-3-11-43(35)20(15-44)8-10-35/h4,6,12-13,19-20,25-26,38,44-45H,2-3,5,7-11,14-17H2,1H3/t19-,20-,25+,26+,35+/m0/s1. The molecule has 0 radical (unpaired) electrons. The number of aromatic hydroxyl groups is 1. The summed E-state index contributed by atoms with van der Waals surface area (Å²) in [7, 11) is 0. The number of nitrogens with zero attached hydrogens (tertiary/aromatic N) is 5. The summed E-state index contributed by atoms with van der Waals surface area (Å²) in [5.41, 5.74) is 0.403. The molecule has 7 heterocycles. The van der Waals surface area contributed by atoms with Crippen LogP contribution < -0.4 is 19.7 Å². The second kappa shape index (κ2) is 10.8. The van der Waals surface area contributed by atoms with Gasteiger partial charge in [-0.25, -0.2) is 13.8 Å². The number of aliphatic hydroxyl groups is 1. The molecule has 47 heavy (non-hydrogen) atoms. The molecule has 5 atom stereocenters. The first-order valence-corrected chi connectivity index (χ1v) is 16.9. The van der Waals surface area contributed by atoms with Crippen molar-refractivity contribution in [2.75, 3.05) is 37.8 Å². The maximum atomic E-state index is 17.1. The van der Waals surface area contributed by atoms with Crippen LogP contribution in [0.1, 0.15) is 51.0 Å². The number of hydrogen-bond acceptors (Lipinski definition) is 10. The lowest BCUT2D eigenvalue weighted by molar-refractivity contribution is 0.0644. The first-order valence-electron chi connectivity index (χ1n) is 16.9. The summed E-state index contributed by atoms with van der Waals surface area (Å²) in [4.78, 5) is 19.0. The average molecular weight is 645 g/mol. The van der Waals surface area contributed by atoms with E-state index in [1.165, 1.54) is 12.1 Å². The molecule has 0 saturated carbocycles. The number of pyridine rings is 1. The van der Waals surface area contributed by atoms with Crippen LogP contribution in [0, 0.1) is 11.6 Å². The Balaban J connectivity index is 1.23. The smallest absolute Gasteiger partial charge is 0.319 e. The molecule has 4 aromatic rings. The van der Waals surface area contributed by atoms with Crippen molar-refractivity contribution in [2.45, 2.75) is 81.6 Å². The molecule has 0 unspecified atom stereocenters. The lowest BCUT2D eigenvalue weighted by atomic mass is 9.94. The molecule has 2 bridgehead atoms. The average Bonchev–Trinajstić information content (AvgIpc) is 3.74. The van der Waals surface area contributed by atoms with Gasteiger partial charge in [0.25, 0.3) is 0 Å². The van der Waals surface area contributed by atoms with E-state index in [1.54, 1.807) is 12.1 Å². The topological polar surface area (TPSA) is 116 Å². The van der Waals surface area contributed by atoms with Crippen molar-refractivity contribution in [2.24, 2.45) is 0 Å². The van der Waals surface area contributed by atoms with Gasteiger partial charge in [0.05, 0.1) is 18.2 Å². The zero-order valence-electron chi connectivity index (χ0n) is 26.3. The number of phenols is 1. The van der Waals surface area contributed by atoms with Crippen LogP contribution in [0.5, 0.6) is 17.6 Å². The largest absolute Gasteiger partial charge is 0.508 e. The number of aryl methyl sites for hydroxylation is 1. The summed E-state index contributed by atoms with van der Waals surface area (Å²) in [5.74, 6) is -0.453. The van der Waals surface area contributed by atoms with Crippen molar-refractivity contribution in [3.8, 4) is 28.9 Å². The van der Waals surface area contributed by atoms with Gasteiger partial charge in [0, 0.05) is 30.2 Å². The van der Waals surface area contributed by atoms with Crippen LogP contribution in [0.15, 0.2) is 24.3 Å². The molecule has 9 rings (SSSR count). The molecule has 12 heteroatoms. The third kappa shape index (κ3) is 4.40. The number of benzene rings is 2. The summed E-state index contributed by atoms with van der Waals surface area (Å²) in [6.07, 6.45) is 6.19. The summed E-state index contributed by atoms with van der Waals surface area (Å²) in [6, 6.07) is 6.54. The number of hydrogen-bond donors (Lipinski definition) is 3. The van der Waals surface area contributed by atoms with E-state index in [0.29, 0.717) is 53.7 Å². The van der Waals surface area contributed by atoms with Crippen molar-refractivity contribution in [3.05, 3.63) is 41.5 Å². The molecule has 0 amide bonds. The number of anilines is 1. The molecule has 4 fully saturated rings. The van der Waals surface area contributed by atoms with E-state index in [1.807, 2.05) is 6.92 Å². The van der Waals surface area contributed by atoms with E-state index in [-0.39, 0.29) is 70.7 Å². The third-order valence-electron chi connectivity index (χ3n) is 11.4. The number of nitrogens with one attached hydrogen (secondary N) is 1. The third-order valence-corrected chi connectivity index (χ3v) is 11.4. The first kappa shape index (κ1) is 29.3. The minimum absolute atomic E-state index is 0.0166. The van der Waals surface area contributed by atoms with Crippen LogP contribution >= 0.6 is 0 Å².